The number of carbonyl (C=O) groups is 2. The monoisotopic (exact) mass is 939 g/mol. The topological polar surface area (TPSA) is 221 Å². The number of anilines is 1. The summed E-state index contributed by atoms with van der Waals surface area (Å²) in [6.07, 6.45) is -8.52. The van der Waals surface area contributed by atoms with E-state index in [0.717, 1.165) is 11.1 Å². The fraction of sp³-hybridized carbons (Fsp3) is 0.837. The van der Waals surface area contributed by atoms with Crippen molar-refractivity contribution < 1.29 is 63.5 Å². The predicted octanol–water partition coefficient (Wildman–Crippen LogP) is 4.10. The molecule has 0 saturated carbocycles. The molecular weight excluding hydrogens is 853 g/mol. The van der Waals surface area contributed by atoms with Gasteiger partial charge in [-0.1, -0.05) is 38.5 Å². The molecule has 3 heterocycles. The number of aliphatic hydroxyl groups excluding tert-OH is 3. The predicted molar refractivity (Wildman–Crippen MR) is 251 cm³/mol. The molecule has 3 saturated heterocycles. The average molecular weight is 939 g/mol. The van der Waals surface area contributed by atoms with E-state index >= 15 is 0 Å². The van der Waals surface area contributed by atoms with Gasteiger partial charge in [-0.2, -0.15) is 0 Å². The Bertz CT molecular complexity index is 1720. The summed E-state index contributed by atoms with van der Waals surface area (Å²) in [7, 11) is 5.26. The van der Waals surface area contributed by atoms with E-state index < -0.39 is 96.0 Å². The van der Waals surface area contributed by atoms with E-state index in [1.54, 1.807) is 41.5 Å². The number of benzene rings is 1. The molecule has 66 heavy (non-hydrogen) atoms. The summed E-state index contributed by atoms with van der Waals surface area (Å²) >= 11 is 0. The number of carbonyl (C=O) groups excluding carboxylic acids is 2. The highest BCUT2D eigenvalue weighted by atomic mass is 16.7. The molecule has 0 spiro atoms. The molecular formula is C49H86N4O13. The second kappa shape index (κ2) is 23.4. The number of ether oxygens (including phenoxy) is 6. The second-order valence-corrected chi connectivity index (χ2v) is 20.8. The van der Waals surface area contributed by atoms with Gasteiger partial charge in [-0.25, -0.2) is 4.79 Å². The first-order valence-corrected chi connectivity index (χ1v) is 24.1. The molecule has 3 aliphatic heterocycles. The Morgan fingerprint density at radius 2 is 1.64 bits per heavy atom. The van der Waals surface area contributed by atoms with E-state index in [0.29, 0.717) is 38.2 Å². The third-order valence-electron chi connectivity index (χ3n) is 14.6. The van der Waals surface area contributed by atoms with E-state index in [4.69, 9.17) is 28.4 Å². The summed E-state index contributed by atoms with van der Waals surface area (Å²) in [6, 6.07) is 4.45. The van der Waals surface area contributed by atoms with Crippen molar-refractivity contribution in [2.75, 3.05) is 46.2 Å². The number of cyclic esters (lactones) is 1. The van der Waals surface area contributed by atoms with Gasteiger partial charge in [-0.3, -0.25) is 9.69 Å². The minimum absolute atomic E-state index is 0.101. The third kappa shape index (κ3) is 13.6. The molecule has 0 aromatic heterocycles. The fourth-order valence-corrected chi connectivity index (χ4v) is 10.5. The molecule has 4 rings (SSSR count). The SMILES string of the molecule is CC[C@H]1OC(=O)[C@H](C)[C@@H](O[C@H]2C[C@@](C)(OC)[C@@H](O)[C@H](C)O2)[C@H](C)[C@@H](O[C@@H]2O[C@H](C)C[C@H](N(C)C)[C@H]2O)[C@](C)(O)C[C@@H](C)CN(CCCNC(=O)Nc2ccc(C)cc2C)[C@H](C)[C@@H](O)[C@]1(C)O. The largest absolute Gasteiger partial charge is 0.459 e. The van der Waals surface area contributed by atoms with Gasteiger partial charge in [0.15, 0.2) is 12.6 Å². The molecule has 1 aromatic carbocycles. The molecule has 3 aliphatic rings. The summed E-state index contributed by atoms with van der Waals surface area (Å²) < 4.78 is 38.0. The van der Waals surface area contributed by atoms with E-state index in [2.05, 4.69) is 10.6 Å². The summed E-state index contributed by atoms with van der Waals surface area (Å²) in [5.74, 6) is -2.87. The van der Waals surface area contributed by atoms with Crippen molar-refractivity contribution in [3.05, 3.63) is 29.3 Å². The number of methoxy groups -OCH3 is 1. The van der Waals surface area contributed by atoms with Crippen LogP contribution in [0.2, 0.25) is 0 Å². The summed E-state index contributed by atoms with van der Waals surface area (Å²) in [5.41, 5.74) is -1.88. The van der Waals surface area contributed by atoms with Crippen molar-refractivity contribution in [2.45, 2.75) is 205 Å². The lowest BCUT2D eigenvalue weighted by Crippen LogP contribution is -2.60. The molecule has 17 heteroatoms. The van der Waals surface area contributed by atoms with Gasteiger partial charge in [0.25, 0.3) is 0 Å². The molecule has 0 bridgehead atoms. The minimum atomic E-state index is -1.92. The van der Waals surface area contributed by atoms with Crippen LogP contribution in [0.3, 0.4) is 0 Å². The number of aryl methyl sites for hydroxylation is 2. The zero-order chi connectivity index (χ0) is 49.6. The summed E-state index contributed by atoms with van der Waals surface area (Å²) in [5, 5.41) is 65.7. The van der Waals surface area contributed by atoms with Crippen molar-refractivity contribution in [3.8, 4) is 0 Å². The highest BCUT2D eigenvalue weighted by Gasteiger charge is 2.53. The number of nitrogens with one attached hydrogen (secondary N) is 2. The molecule has 1 aromatic rings. The Morgan fingerprint density at radius 3 is 2.24 bits per heavy atom. The molecule has 0 aliphatic carbocycles. The Labute approximate surface area is 394 Å². The molecule has 18 atom stereocenters. The average Bonchev–Trinajstić information content (AvgIpc) is 3.24. The van der Waals surface area contributed by atoms with Gasteiger partial charge < -0.3 is 69.5 Å². The zero-order valence-electron chi connectivity index (χ0n) is 42.4. The maximum atomic E-state index is 14.5. The Kier molecular flexibility index (Phi) is 19.9. The molecule has 7 N–H and O–H groups in total. The van der Waals surface area contributed by atoms with Crippen LogP contribution in [0.1, 0.15) is 112 Å². The quantitative estimate of drug-likeness (QED) is 0.116. The zero-order valence-corrected chi connectivity index (χ0v) is 42.4. The lowest BCUT2D eigenvalue weighted by atomic mass is 9.77. The van der Waals surface area contributed by atoms with Crippen molar-refractivity contribution in [1.82, 2.24) is 15.1 Å². The smallest absolute Gasteiger partial charge is 0.319 e. The van der Waals surface area contributed by atoms with Crippen LogP contribution in [-0.4, -0.2) is 178 Å². The number of aliphatic hydroxyl groups is 5. The standard InChI is InChI=1S/C49H86N4O13/c1-16-37-49(12,60)41(55)33(8)53(21-17-20-50-46(58)51-35-19-18-27(2)22-29(35)4)26-28(3)24-47(10,59)43(66-45-39(54)36(52(13)14)23-30(5)62-45)31(6)40(32(7)44(57)64-37)65-38-25-48(11,61-15)42(56)34(9)63-38/h18-19,22,28,30-34,36-43,45,54-56,59-60H,16-17,20-21,23-26H2,1-15H3,(H2,50,51,58)/t28-,30-,31+,32-,33-,34+,36+,37-,38+,39-,40+,41-,42+,43-,45+,47-,48-,49-/m1/s1. The maximum Gasteiger partial charge on any atom is 0.319 e. The number of esters is 1. The van der Waals surface area contributed by atoms with Crippen LogP contribution in [-0.2, 0) is 33.2 Å². The molecule has 0 unspecified atom stereocenters. The second-order valence-electron chi connectivity index (χ2n) is 20.8. The molecule has 0 radical (unpaired) electrons. The first-order valence-electron chi connectivity index (χ1n) is 24.1. The van der Waals surface area contributed by atoms with Crippen LogP contribution in [0.25, 0.3) is 0 Å². The number of nitrogens with zero attached hydrogens (tertiary/aromatic N) is 2. The van der Waals surface area contributed by atoms with Crippen molar-refractivity contribution in [3.63, 3.8) is 0 Å². The van der Waals surface area contributed by atoms with Crippen molar-refractivity contribution >= 4 is 17.7 Å². The van der Waals surface area contributed by atoms with Crippen molar-refractivity contribution in [1.29, 1.82) is 0 Å². The number of hydrogen-bond donors (Lipinski definition) is 7. The maximum absolute atomic E-state index is 14.5. The van der Waals surface area contributed by atoms with Gasteiger partial charge in [0.1, 0.15) is 30.0 Å². The van der Waals surface area contributed by atoms with Gasteiger partial charge in [-0.15, -0.1) is 0 Å². The summed E-state index contributed by atoms with van der Waals surface area (Å²) in [4.78, 5) is 31.4. The lowest BCUT2D eigenvalue weighted by Gasteiger charge is -2.48. The number of hydrogen-bond acceptors (Lipinski definition) is 15. The van der Waals surface area contributed by atoms with E-state index in [1.807, 2.05) is 76.7 Å². The fourth-order valence-electron chi connectivity index (χ4n) is 10.5. The van der Waals surface area contributed by atoms with E-state index in [1.165, 1.54) is 14.0 Å². The number of likely N-dealkylation sites (N-methyl/N-ethyl adjacent to an activating group) is 1. The van der Waals surface area contributed by atoms with Crippen LogP contribution in [0.4, 0.5) is 10.5 Å². The lowest BCUT2D eigenvalue weighted by molar-refractivity contribution is -0.318. The molecule has 380 valence electrons. The van der Waals surface area contributed by atoms with E-state index in [-0.39, 0.29) is 43.4 Å². The van der Waals surface area contributed by atoms with Crippen molar-refractivity contribution in [2.24, 2.45) is 17.8 Å². The minimum Gasteiger partial charge on any atom is -0.459 e. The highest BCUT2D eigenvalue weighted by molar-refractivity contribution is 5.90. The Hall–Kier alpha value is -2.52. The van der Waals surface area contributed by atoms with Crippen LogP contribution >= 0.6 is 0 Å². The third-order valence-corrected chi connectivity index (χ3v) is 14.6. The number of urea groups is 1. The number of rotatable bonds is 12. The van der Waals surface area contributed by atoms with Crippen LogP contribution in [0, 0.1) is 31.6 Å². The highest BCUT2D eigenvalue weighted by Crippen LogP contribution is 2.40. The van der Waals surface area contributed by atoms with Gasteiger partial charge in [-0.05, 0) is 120 Å². The first-order chi connectivity index (χ1) is 30.7. The van der Waals surface area contributed by atoms with Crippen LogP contribution < -0.4 is 10.6 Å². The normalized spacial score (nSPS) is 41.4. The van der Waals surface area contributed by atoms with Gasteiger partial charge in [0.2, 0.25) is 0 Å². The Balaban J connectivity index is 1.74. The molecule has 17 nitrogen and oxygen atoms in total. The number of amides is 2. The first kappa shape index (κ1) is 56.1. The Morgan fingerprint density at radius 1 is 0.970 bits per heavy atom. The van der Waals surface area contributed by atoms with Crippen LogP contribution in [0.5, 0.6) is 0 Å². The van der Waals surface area contributed by atoms with E-state index in [9.17, 15) is 35.1 Å². The van der Waals surface area contributed by atoms with Gasteiger partial charge >= 0.3 is 12.0 Å². The molecule has 2 amide bonds. The van der Waals surface area contributed by atoms with Gasteiger partial charge in [0.05, 0.1) is 41.5 Å². The molecule has 3 fully saturated rings. The van der Waals surface area contributed by atoms with Crippen LogP contribution in [0.15, 0.2) is 18.2 Å². The summed E-state index contributed by atoms with van der Waals surface area (Å²) in [6.45, 7) is 22.5. The van der Waals surface area contributed by atoms with Gasteiger partial charge in [0, 0.05) is 56.9 Å².